The van der Waals surface area contributed by atoms with Crippen LogP contribution >= 0.6 is 0 Å². The van der Waals surface area contributed by atoms with Crippen molar-refractivity contribution >= 4 is 17.5 Å². The molecule has 32 heavy (non-hydrogen) atoms. The number of rotatable bonds is 10. The Morgan fingerprint density at radius 2 is 1.59 bits per heavy atom. The van der Waals surface area contributed by atoms with Gasteiger partial charge in [-0.05, 0) is 61.7 Å². The fourth-order valence-corrected chi connectivity index (χ4v) is 3.99. The summed E-state index contributed by atoms with van der Waals surface area (Å²) in [6.45, 7) is 4.53. The molecule has 0 bridgehead atoms. The number of unbranched alkanes of at least 4 members (excludes halogenated alkanes) is 4. The molecule has 0 aromatic heterocycles. The summed E-state index contributed by atoms with van der Waals surface area (Å²) >= 11 is 0. The van der Waals surface area contributed by atoms with Crippen molar-refractivity contribution < 1.29 is 14.3 Å². The summed E-state index contributed by atoms with van der Waals surface area (Å²) in [6.07, 6.45) is 10.5. The summed E-state index contributed by atoms with van der Waals surface area (Å²) in [5.41, 5.74) is 1.81. The predicted molar refractivity (Wildman–Crippen MR) is 129 cm³/mol. The number of carbonyl (C=O) groups is 2. The van der Waals surface area contributed by atoms with Gasteiger partial charge in [-0.3, -0.25) is 9.59 Å². The SMILES string of the molecule is CCCCCCCOc1ccc(C(=O)Nc2cccc(C(=O)N3CCCCCC3)c2)cc1. The molecule has 3 rings (SSSR count). The Morgan fingerprint density at radius 1 is 0.875 bits per heavy atom. The number of anilines is 1. The Kier molecular flexibility index (Phi) is 9.60. The molecule has 1 N–H and O–H groups in total. The van der Waals surface area contributed by atoms with Gasteiger partial charge < -0.3 is 15.0 Å². The third kappa shape index (κ3) is 7.40. The van der Waals surface area contributed by atoms with Crippen LogP contribution in [0.15, 0.2) is 48.5 Å². The highest BCUT2D eigenvalue weighted by atomic mass is 16.5. The van der Waals surface area contributed by atoms with Crippen LogP contribution in [0.2, 0.25) is 0 Å². The van der Waals surface area contributed by atoms with Crippen LogP contribution in [0.1, 0.15) is 85.4 Å². The Morgan fingerprint density at radius 3 is 2.31 bits per heavy atom. The quantitative estimate of drug-likeness (QED) is 0.444. The van der Waals surface area contributed by atoms with E-state index in [-0.39, 0.29) is 11.8 Å². The van der Waals surface area contributed by atoms with Crippen LogP contribution in [0.4, 0.5) is 5.69 Å². The summed E-state index contributed by atoms with van der Waals surface area (Å²) in [6, 6.07) is 14.4. The van der Waals surface area contributed by atoms with Gasteiger partial charge in [-0.1, -0.05) is 51.5 Å². The second-order valence-corrected chi connectivity index (χ2v) is 8.53. The summed E-state index contributed by atoms with van der Waals surface area (Å²) in [4.78, 5) is 27.5. The van der Waals surface area contributed by atoms with E-state index in [1.54, 1.807) is 18.2 Å². The van der Waals surface area contributed by atoms with Gasteiger partial charge >= 0.3 is 0 Å². The lowest BCUT2D eigenvalue weighted by atomic mass is 10.1. The first-order chi connectivity index (χ1) is 15.7. The Balaban J connectivity index is 1.52. The van der Waals surface area contributed by atoms with Crippen LogP contribution in [-0.4, -0.2) is 36.4 Å². The first-order valence-electron chi connectivity index (χ1n) is 12.1. The van der Waals surface area contributed by atoms with Crippen LogP contribution in [0.3, 0.4) is 0 Å². The molecule has 0 unspecified atom stereocenters. The molecule has 1 saturated heterocycles. The average Bonchev–Trinajstić information content (AvgIpc) is 3.11. The minimum atomic E-state index is -0.199. The zero-order valence-corrected chi connectivity index (χ0v) is 19.3. The molecule has 1 aliphatic heterocycles. The third-order valence-corrected chi connectivity index (χ3v) is 5.89. The minimum Gasteiger partial charge on any atom is -0.494 e. The molecule has 0 spiro atoms. The molecule has 2 aromatic carbocycles. The normalized spacial score (nSPS) is 14.0. The van der Waals surface area contributed by atoms with Gasteiger partial charge in [0.05, 0.1) is 6.61 Å². The van der Waals surface area contributed by atoms with Crippen molar-refractivity contribution in [1.82, 2.24) is 4.90 Å². The fourth-order valence-electron chi connectivity index (χ4n) is 3.99. The van der Waals surface area contributed by atoms with Crippen LogP contribution in [0.25, 0.3) is 0 Å². The summed E-state index contributed by atoms with van der Waals surface area (Å²) < 4.78 is 5.77. The molecular formula is C27H36N2O3. The first kappa shape index (κ1) is 23.8. The molecule has 0 radical (unpaired) electrons. The van der Waals surface area contributed by atoms with Crippen molar-refractivity contribution in [1.29, 1.82) is 0 Å². The number of nitrogens with one attached hydrogen (secondary N) is 1. The molecule has 5 heteroatoms. The van der Waals surface area contributed by atoms with E-state index in [1.807, 2.05) is 35.2 Å². The van der Waals surface area contributed by atoms with E-state index >= 15 is 0 Å². The van der Waals surface area contributed by atoms with Gasteiger partial charge in [-0.2, -0.15) is 0 Å². The standard InChI is InChI=1S/C27H36N2O3/c1-2-3-4-7-10-20-32-25-16-14-22(15-17-25)26(30)28-24-13-11-12-23(21-24)27(31)29-18-8-5-6-9-19-29/h11-17,21H,2-10,18-20H2,1H3,(H,28,30). The van der Waals surface area contributed by atoms with E-state index in [2.05, 4.69) is 12.2 Å². The second kappa shape index (κ2) is 12.9. The van der Waals surface area contributed by atoms with Gasteiger partial charge in [-0.25, -0.2) is 0 Å². The molecule has 1 heterocycles. The lowest BCUT2D eigenvalue weighted by Gasteiger charge is -2.20. The van der Waals surface area contributed by atoms with Crippen LogP contribution in [0, 0.1) is 0 Å². The number of benzene rings is 2. The Hall–Kier alpha value is -2.82. The molecular weight excluding hydrogens is 400 g/mol. The first-order valence-corrected chi connectivity index (χ1v) is 12.1. The lowest BCUT2D eigenvalue weighted by Crippen LogP contribution is -2.31. The van der Waals surface area contributed by atoms with E-state index in [4.69, 9.17) is 4.74 Å². The topological polar surface area (TPSA) is 58.6 Å². The van der Waals surface area contributed by atoms with E-state index in [0.29, 0.717) is 23.4 Å². The molecule has 172 valence electrons. The van der Waals surface area contributed by atoms with Gasteiger partial charge in [0.1, 0.15) is 5.75 Å². The number of nitrogens with zero attached hydrogens (tertiary/aromatic N) is 1. The molecule has 0 atom stereocenters. The van der Waals surface area contributed by atoms with E-state index < -0.39 is 0 Å². The largest absolute Gasteiger partial charge is 0.494 e. The Labute approximate surface area is 192 Å². The molecule has 5 nitrogen and oxygen atoms in total. The van der Waals surface area contributed by atoms with Crippen molar-refractivity contribution in [3.05, 3.63) is 59.7 Å². The fraction of sp³-hybridized carbons (Fsp3) is 0.481. The monoisotopic (exact) mass is 436 g/mol. The number of amides is 2. The van der Waals surface area contributed by atoms with Crippen LogP contribution in [-0.2, 0) is 0 Å². The molecule has 1 aliphatic rings. The van der Waals surface area contributed by atoms with Gasteiger partial charge in [-0.15, -0.1) is 0 Å². The average molecular weight is 437 g/mol. The highest BCUT2D eigenvalue weighted by molar-refractivity contribution is 6.05. The highest BCUT2D eigenvalue weighted by Crippen LogP contribution is 2.18. The molecule has 0 saturated carbocycles. The van der Waals surface area contributed by atoms with Crippen LogP contribution in [0.5, 0.6) is 5.75 Å². The maximum absolute atomic E-state index is 12.9. The summed E-state index contributed by atoms with van der Waals surface area (Å²) in [7, 11) is 0. The van der Waals surface area contributed by atoms with Crippen molar-refractivity contribution in [2.75, 3.05) is 25.0 Å². The van der Waals surface area contributed by atoms with Crippen LogP contribution < -0.4 is 10.1 Å². The number of carbonyl (C=O) groups excluding carboxylic acids is 2. The van der Waals surface area contributed by atoms with E-state index in [1.165, 1.54) is 38.5 Å². The molecule has 2 aromatic rings. The number of likely N-dealkylation sites (tertiary alicyclic amines) is 1. The molecule has 1 fully saturated rings. The summed E-state index contributed by atoms with van der Waals surface area (Å²) in [5, 5.41) is 2.91. The minimum absolute atomic E-state index is 0.0409. The zero-order chi connectivity index (χ0) is 22.6. The molecule has 0 aliphatic carbocycles. The van der Waals surface area contributed by atoms with Crippen molar-refractivity contribution in [2.24, 2.45) is 0 Å². The van der Waals surface area contributed by atoms with E-state index in [9.17, 15) is 9.59 Å². The number of ether oxygens (including phenoxy) is 1. The number of hydrogen-bond acceptors (Lipinski definition) is 3. The number of hydrogen-bond donors (Lipinski definition) is 1. The smallest absolute Gasteiger partial charge is 0.255 e. The van der Waals surface area contributed by atoms with E-state index in [0.717, 1.165) is 38.1 Å². The van der Waals surface area contributed by atoms with Crippen molar-refractivity contribution in [2.45, 2.75) is 64.7 Å². The zero-order valence-electron chi connectivity index (χ0n) is 19.3. The van der Waals surface area contributed by atoms with Crippen molar-refractivity contribution in [3.8, 4) is 5.75 Å². The van der Waals surface area contributed by atoms with Gasteiger partial charge in [0.2, 0.25) is 0 Å². The molecule has 2 amide bonds. The maximum atomic E-state index is 12.9. The predicted octanol–water partition coefficient (Wildman–Crippen LogP) is 6.30. The van der Waals surface area contributed by atoms with Gasteiger partial charge in [0.15, 0.2) is 0 Å². The second-order valence-electron chi connectivity index (χ2n) is 8.53. The van der Waals surface area contributed by atoms with Gasteiger partial charge in [0.25, 0.3) is 11.8 Å². The maximum Gasteiger partial charge on any atom is 0.255 e. The third-order valence-electron chi connectivity index (χ3n) is 5.89. The summed E-state index contributed by atoms with van der Waals surface area (Å²) in [5.74, 6) is 0.622. The van der Waals surface area contributed by atoms with Gasteiger partial charge in [0, 0.05) is 29.9 Å². The Bertz CT molecular complexity index is 855. The van der Waals surface area contributed by atoms with Crippen molar-refractivity contribution in [3.63, 3.8) is 0 Å². The highest BCUT2D eigenvalue weighted by Gasteiger charge is 2.18. The lowest BCUT2D eigenvalue weighted by molar-refractivity contribution is 0.0761.